The number of carboxylic acids is 2. The van der Waals surface area contributed by atoms with Crippen LogP contribution in [0, 0.1) is 17.7 Å². The molecule has 0 aromatic heterocycles. The van der Waals surface area contributed by atoms with Gasteiger partial charge in [-0.1, -0.05) is 24.6 Å². The van der Waals surface area contributed by atoms with E-state index in [0.717, 1.165) is 43.1 Å². The first-order valence-corrected chi connectivity index (χ1v) is 9.60. The van der Waals surface area contributed by atoms with Crippen LogP contribution < -0.4 is 0 Å². The summed E-state index contributed by atoms with van der Waals surface area (Å²) in [5, 5.41) is 14.8. The minimum Gasteiger partial charge on any atom is -0.473 e. The predicted octanol–water partition coefficient (Wildman–Crippen LogP) is 2.29. The van der Waals surface area contributed by atoms with E-state index in [-0.39, 0.29) is 5.82 Å². The fourth-order valence-corrected chi connectivity index (χ4v) is 4.78. The predicted molar refractivity (Wildman–Crippen MR) is 97.8 cm³/mol. The van der Waals surface area contributed by atoms with Gasteiger partial charge in [0.05, 0.1) is 0 Å². The van der Waals surface area contributed by atoms with E-state index in [2.05, 4.69) is 9.80 Å². The third-order valence-electron chi connectivity index (χ3n) is 6.11. The molecule has 2 bridgehead atoms. The van der Waals surface area contributed by atoms with Crippen molar-refractivity contribution in [3.05, 3.63) is 35.6 Å². The minimum atomic E-state index is -1.82. The van der Waals surface area contributed by atoms with Gasteiger partial charge in [-0.3, -0.25) is 9.80 Å². The quantitative estimate of drug-likeness (QED) is 0.786. The number of benzene rings is 1. The van der Waals surface area contributed by atoms with E-state index in [1.165, 1.54) is 38.8 Å². The van der Waals surface area contributed by atoms with E-state index in [4.69, 9.17) is 19.8 Å². The lowest BCUT2D eigenvalue weighted by Crippen LogP contribution is -2.51. The maximum atomic E-state index is 13.7. The van der Waals surface area contributed by atoms with Crippen LogP contribution >= 0.6 is 0 Å². The molecule has 6 nitrogen and oxygen atoms in total. The molecule has 27 heavy (non-hydrogen) atoms. The summed E-state index contributed by atoms with van der Waals surface area (Å²) < 4.78 is 13.7. The van der Waals surface area contributed by atoms with Crippen LogP contribution in [0.5, 0.6) is 0 Å². The Kier molecular flexibility index (Phi) is 6.44. The second-order valence-electron chi connectivity index (χ2n) is 7.76. The van der Waals surface area contributed by atoms with Crippen molar-refractivity contribution in [2.75, 3.05) is 26.2 Å². The Morgan fingerprint density at radius 3 is 2.19 bits per heavy atom. The van der Waals surface area contributed by atoms with Gasteiger partial charge in [-0.15, -0.1) is 0 Å². The van der Waals surface area contributed by atoms with Gasteiger partial charge < -0.3 is 10.2 Å². The van der Waals surface area contributed by atoms with Gasteiger partial charge in [-0.05, 0) is 37.2 Å². The second-order valence-corrected chi connectivity index (χ2v) is 7.76. The SMILES string of the molecule is Fc1ccccc1CN1CCN(C2CC3CCC2C3)CC1.O=C(O)C(=O)O. The molecule has 2 saturated carbocycles. The van der Waals surface area contributed by atoms with Gasteiger partial charge in [0.15, 0.2) is 0 Å². The van der Waals surface area contributed by atoms with Gasteiger partial charge in [0.2, 0.25) is 0 Å². The van der Waals surface area contributed by atoms with E-state index in [1.807, 2.05) is 12.1 Å². The fourth-order valence-electron chi connectivity index (χ4n) is 4.78. The molecule has 2 aliphatic carbocycles. The van der Waals surface area contributed by atoms with E-state index < -0.39 is 11.9 Å². The lowest BCUT2D eigenvalue weighted by Gasteiger charge is -2.41. The Morgan fingerprint density at radius 2 is 1.67 bits per heavy atom. The van der Waals surface area contributed by atoms with Crippen molar-refractivity contribution in [2.24, 2.45) is 11.8 Å². The molecule has 0 amide bonds. The van der Waals surface area contributed by atoms with Crippen LogP contribution in [0.4, 0.5) is 4.39 Å². The zero-order valence-corrected chi connectivity index (χ0v) is 15.4. The standard InChI is InChI=1S/C18H25FN2.C2H2O4/c19-17-4-2-1-3-16(17)13-20-7-9-21(10-8-20)18-12-14-5-6-15(18)11-14;3-1(4)2(5)6/h1-4,14-15,18H,5-13H2;(H,3,4)(H,5,6). The number of carboxylic acid groups (broad SMARTS) is 2. The summed E-state index contributed by atoms with van der Waals surface area (Å²) in [7, 11) is 0. The molecule has 1 heterocycles. The number of piperazine rings is 1. The van der Waals surface area contributed by atoms with Gasteiger partial charge in [-0.2, -0.15) is 0 Å². The molecule has 1 aliphatic heterocycles. The van der Waals surface area contributed by atoms with Crippen LogP contribution in [0.15, 0.2) is 24.3 Å². The number of hydrogen-bond donors (Lipinski definition) is 2. The van der Waals surface area contributed by atoms with Crippen molar-refractivity contribution in [3.63, 3.8) is 0 Å². The van der Waals surface area contributed by atoms with Gasteiger partial charge in [0, 0.05) is 44.3 Å². The fraction of sp³-hybridized carbons (Fsp3) is 0.600. The van der Waals surface area contributed by atoms with Crippen LogP contribution in [0.2, 0.25) is 0 Å². The summed E-state index contributed by atoms with van der Waals surface area (Å²) >= 11 is 0. The number of hydrogen-bond acceptors (Lipinski definition) is 4. The number of rotatable bonds is 3. The van der Waals surface area contributed by atoms with Gasteiger partial charge in [0.1, 0.15) is 5.82 Å². The first-order chi connectivity index (χ1) is 12.9. The summed E-state index contributed by atoms with van der Waals surface area (Å²) in [4.78, 5) is 23.3. The molecule has 3 aliphatic rings. The molecule has 1 saturated heterocycles. The zero-order valence-electron chi connectivity index (χ0n) is 15.4. The number of halogens is 1. The molecule has 148 valence electrons. The van der Waals surface area contributed by atoms with Crippen molar-refractivity contribution >= 4 is 11.9 Å². The monoisotopic (exact) mass is 378 g/mol. The van der Waals surface area contributed by atoms with E-state index >= 15 is 0 Å². The van der Waals surface area contributed by atoms with Crippen molar-refractivity contribution in [2.45, 2.75) is 38.3 Å². The lowest BCUT2D eigenvalue weighted by atomic mass is 9.93. The zero-order chi connectivity index (χ0) is 19.4. The Bertz CT molecular complexity index is 664. The van der Waals surface area contributed by atoms with Gasteiger partial charge in [0.25, 0.3) is 0 Å². The Labute approximate surface area is 158 Å². The maximum absolute atomic E-state index is 13.7. The van der Waals surface area contributed by atoms with Crippen LogP contribution in [0.25, 0.3) is 0 Å². The third-order valence-corrected chi connectivity index (χ3v) is 6.11. The first-order valence-electron chi connectivity index (χ1n) is 9.60. The average molecular weight is 378 g/mol. The minimum absolute atomic E-state index is 0.0620. The maximum Gasteiger partial charge on any atom is 0.414 e. The molecule has 0 radical (unpaired) electrons. The highest BCUT2D eigenvalue weighted by atomic mass is 19.1. The molecule has 4 rings (SSSR count). The van der Waals surface area contributed by atoms with Crippen molar-refractivity contribution < 1.29 is 24.2 Å². The van der Waals surface area contributed by atoms with Gasteiger partial charge >= 0.3 is 11.9 Å². The molecule has 3 atom stereocenters. The number of nitrogens with zero attached hydrogens (tertiary/aromatic N) is 2. The topological polar surface area (TPSA) is 81.1 Å². The number of aliphatic carboxylic acids is 2. The Balaban J connectivity index is 0.000000307. The molecule has 1 aromatic carbocycles. The molecular formula is C20H27FN2O4. The van der Waals surface area contributed by atoms with Crippen LogP contribution in [0.3, 0.4) is 0 Å². The van der Waals surface area contributed by atoms with Gasteiger partial charge in [-0.25, -0.2) is 14.0 Å². The normalized spacial score (nSPS) is 27.8. The summed E-state index contributed by atoms with van der Waals surface area (Å²) in [6.07, 6.45) is 5.87. The molecule has 3 fully saturated rings. The molecule has 1 aromatic rings. The average Bonchev–Trinajstić information content (AvgIpc) is 3.28. The van der Waals surface area contributed by atoms with E-state index in [9.17, 15) is 4.39 Å². The van der Waals surface area contributed by atoms with Crippen molar-refractivity contribution in [1.29, 1.82) is 0 Å². The molecule has 0 spiro atoms. The highest BCUT2D eigenvalue weighted by Crippen LogP contribution is 2.46. The number of fused-ring (bicyclic) bond motifs is 2. The largest absolute Gasteiger partial charge is 0.473 e. The Hall–Kier alpha value is -1.99. The van der Waals surface area contributed by atoms with Crippen molar-refractivity contribution in [3.8, 4) is 0 Å². The molecular weight excluding hydrogens is 351 g/mol. The second kappa shape index (κ2) is 8.80. The Morgan fingerprint density at radius 1 is 1.00 bits per heavy atom. The van der Waals surface area contributed by atoms with Crippen molar-refractivity contribution in [1.82, 2.24) is 9.80 Å². The summed E-state index contributed by atoms with van der Waals surface area (Å²) in [6.45, 7) is 5.27. The summed E-state index contributed by atoms with van der Waals surface area (Å²) in [5.74, 6) is -1.71. The molecule has 7 heteroatoms. The lowest BCUT2D eigenvalue weighted by molar-refractivity contribution is -0.159. The molecule has 3 unspecified atom stereocenters. The molecule has 2 N–H and O–H groups in total. The smallest absolute Gasteiger partial charge is 0.414 e. The van der Waals surface area contributed by atoms with Crippen LogP contribution in [0.1, 0.15) is 31.2 Å². The first kappa shape index (κ1) is 19.8. The van der Waals surface area contributed by atoms with Crippen LogP contribution in [-0.4, -0.2) is 64.2 Å². The van der Waals surface area contributed by atoms with Crippen LogP contribution in [-0.2, 0) is 16.1 Å². The third kappa shape index (κ3) is 5.05. The highest BCUT2D eigenvalue weighted by molar-refractivity contribution is 6.27. The summed E-state index contributed by atoms with van der Waals surface area (Å²) in [6, 6.07) is 8.05. The van der Waals surface area contributed by atoms with E-state index in [1.54, 1.807) is 12.1 Å². The highest BCUT2D eigenvalue weighted by Gasteiger charge is 2.42. The number of carbonyl (C=O) groups is 2. The summed E-state index contributed by atoms with van der Waals surface area (Å²) in [5.41, 5.74) is 0.839. The van der Waals surface area contributed by atoms with E-state index in [0.29, 0.717) is 0 Å².